The van der Waals surface area contributed by atoms with Crippen LogP contribution < -0.4 is 10.1 Å². The molecular formula is C15H17N3O2. The maximum absolute atomic E-state index is 5.92. The van der Waals surface area contributed by atoms with Gasteiger partial charge in [0.2, 0.25) is 0 Å². The van der Waals surface area contributed by atoms with E-state index in [0.29, 0.717) is 23.8 Å². The first-order valence-corrected chi connectivity index (χ1v) is 6.96. The lowest BCUT2D eigenvalue weighted by atomic mass is 10.1. The molecule has 2 aliphatic rings. The van der Waals surface area contributed by atoms with Gasteiger partial charge >= 0.3 is 0 Å². The fourth-order valence-electron chi connectivity index (χ4n) is 2.68. The average Bonchev–Trinajstić information content (AvgIpc) is 2.90. The van der Waals surface area contributed by atoms with E-state index in [0.717, 1.165) is 23.7 Å². The van der Waals surface area contributed by atoms with Gasteiger partial charge in [0.1, 0.15) is 5.75 Å². The Kier molecular flexibility index (Phi) is 2.34. The van der Waals surface area contributed by atoms with Crippen LogP contribution in [0.4, 0.5) is 5.69 Å². The SMILES string of the molecule is CC1(C)CC1c1noc(C2CNc3ccccc3O2)n1. The van der Waals surface area contributed by atoms with Gasteiger partial charge in [0, 0.05) is 5.92 Å². The number of benzene rings is 1. The van der Waals surface area contributed by atoms with E-state index >= 15 is 0 Å². The van der Waals surface area contributed by atoms with Crippen molar-refractivity contribution in [3.63, 3.8) is 0 Å². The molecule has 1 aromatic carbocycles. The van der Waals surface area contributed by atoms with Crippen LogP contribution in [0.15, 0.2) is 28.8 Å². The first kappa shape index (κ1) is 11.8. The molecule has 0 saturated heterocycles. The molecule has 2 atom stereocenters. The zero-order chi connectivity index (χ0) is 13.7. The number of nitrogens with one attached hydrogen (secondary N) is 1. The molecular weight excluding hydrogens is 254 g/mol. The second-order valence-corrected chi connectivity index (χ2v) is 6.22. The van der Waals surface area contributed by atoms with Crippen LogP contribution in [0, 0.1) is 5.41 Å². The summed E-state index contributed by atoms with van der Waals surface area (Å²) in [4.78, 5) is 4.52. The van der Waals surface area contributed by atoms with Gasteiger partial charge in [0.25, 0.3) is 5.89 Å². The number of rotatable bonds is 2. The van der Waals surface area contributed by atoms with Gasteiger partial charge in [-0.1, -0.05) is 31.1 Å². The van der Waals surface area contributed by atoms with Crippen LogP contribution in [0.5, 0.6) is 5.75 Å². The highest BCUT2D eigenvalue weighted by Gasteiger charge is 2.49. The Balaban J connectivity index is 1.55. The number of anilines is 1. The molecule has 5 nitrogen and oxygen atoms in total. The number of hydrogen-bond acceptors (Lipinski definition) is 5. The molecule has 0 spiro atoms. The smallest absolute Gasteiger partial charge is 0.269 e. The molecule has 4 rings (SSSR count). The quantitative estimate of drug-likeness (QED) is 0.909. The van der Waals surface area contributed by atoms with E-state index in [1.54, 1.807) is 0 Å². The van der Waals surface area contributed by atoms with Gasteiger partial charge in [-0.2, -0.15) is 4.98 Å². The van der Waals surface area contributed by atoms with Crippen molar-refractivity contribution in [3.8, 4) is 5.75 Å². The Morgan fingerprint density at radius 1 is 1.30 bits per heavy atom. The number of fused-ring (bicyclic) bond motifs is 1. The minimum atomic E-state index is -0.215. The first-order chi connectivity index (χ1) is 9.63. The van der Waals surface area contributed by atoms with Gasteiger partial charge in [-0.05, 0) is 24.0 Å². The number of nitrogens with zero attached hydrogens (tertiary/aromatic N) is 2. The normalized spacial score (nSPS) is 26.3. The fourth-order valence-corrected chi connectivity index (χ4v) is 2.68. The van der Waals surface area contributed by atoms with Crippen LogP contribution >= 0.6 is 0 Å². The van der Waals surface area contributed by atoms with Crippen LogP contribution in [-0.2, 0) is 0 Å². The minimum Gasteiger partial charge on any atom is -0.477 e. The Hall–Kier alpha value is -2.04. The zero-order valence-electron chi connectivity index (χ0n) is 11.6. The van der Waals surface area contributed by atoms with Crippen molar-refractivity contribution in [1.82, 2.24) is 10.1 Å². The summed E-state index contributed by atoms with van der Waals surface area (Å²) in [6.45, 7) is 5.10. The summed E-state index contributed by atoms with van der Waals surface area (Å²) in [5.74, 6) is 2.62. The molecule has 20 heavy (non-hydrogen) atoms. The van der Waals surface area contributed by atoms with Crippen LogP contribution in [-0.4, -0.2) is 16.7 Å². The highest BCUT2D eigenvalue weighted by atomic mass is 16.5. The number of ether oxygens (including phenoxy) is 1. The molecule has 2 heterocycles. The Morgan fingerprint density at radius 2 is 2.10 bits per heavy atom. The maximum atomic E-state index is 5.92. The molecule has 1 aromatic heterocycles. The highest BCUT2D eigenvalue weighted by Crippen LogP contribution is 2.57. The van der Waals surface area contributed by atoms with Crippen LogP contribution in [0.3, 0.4) is 0 Å². The van der Waals surface area contributed by atoms with E-state index in [1.165, 1.54) is 0 Å². The summed E-state index contributed by atoms with van der Waals surface area (Å²) in [6.07, 6.45) is 0.909. The van der Waals surface area contributed by atoms with Gasteiger partial charge in [-0.25, -0.2) is 0 Å². The van der Waals surface area contributed by atoms with Gasteiger partial charge in [-0.3, -0.25) is 0 Å². The van der Waals surface area contributed by atoms with Crippen molar-refractivity contribution >= 4 is 5.69 Å². The predicted octanol–water partition coefficient (Wildman–Crippen LogP) is 3.13. The summed E-state index contributed by atoms with van der Waals surface area (Å²) in [7, 11) is 0. The van der Waals surface area contributed by atoms with Crippen molar-refractivity contribution in [3.05, 3.63) is 36.0 Å². The minimum absolute atomic E-state index is 0.215. The Labute approximate surface area is 117 Å². The fraction of sp³-hybridized carbons (Fsp3) is 0.467. The van der Waals surface area contributed by atoms with Gasteiger partial charge in [0.05, 0.1) is 12.2 Å². The monoisotopic (exact) mass is 271 g/mol. The average molecular weight is 271 g/mol. The van der Waals surface area contributed by atoms with Crippen LogP contribution in [0.1, 0.15) is 44.0 Å². The summed E-state index contributed by atoms with van der Waals surface area (Å²) in [5, 5.41) is 7.44. The molecule has 0 radical (unpaired) electrons. The molecule has 1 saturated carbocycles. The lowest BCUT2D eigenvalue weighted by Crippen LogP contribution is -2.23. The molecule has 2 unspecified atom stereocenters. The molecule has 5 heteroatoms. The van der Waals surface area contributed by atoms with Crippen molar-refractivity contribution in [2.45, 2.75) is 32.3 Å². The van der Waals surface area contributed by atoms with Crippen molar-refractivity contribution in [1.29, 1.82) is 0 Å². The molecule has 1 N–H and O–H groups in total. The summed E-state index contributed by atoms with van der Waals surface area (Å²) in [5.41, 5.74) is 1.31. The van der Waals surface area contributed by atoms with Crippen molar-refractivity contribution in [2.24, 2.45) is 5.41 Å². The van der Waals surface area contributed by atoms with Crippen molar-refractivity contribution in [2.75, 3.05) is 11.9 Å². The van der Waals surface area contributed by atoms with E-state index in [2.05, 4.69) is 29.3 Å². The molecule has 0 bridgehead atoms. The van der Waals surface area contributed by atoms with Crippen LogP contribution in [0.25, 0.3) is 0 Å². The molecule has 104 valence electrons. The molecule has 0 amide bonds. The molecule has 1 fully saturated rings. The number of aromatic nitrogens is 2. The first-order valence-electron chi connectivity index (χ1n) is 6.96. The third-order valence-electron chi connectivity index (χ3n) is 4.19. The van der Waals surface area contributed by atoms with Crippen molar-refractivity contribution < 1.29 is 9.26 Å². The Morgan fingerprint density at radius 3 is 2.90 bits per heavy atom. The van der Waals surface area contributed by atoms with Crippen LogP contribution in [0.2, 0.25) is 0 Å². The molecule has 1 aliphatic heterocycles. The summed E-state index contributed by atoms with van der Waals surface area (Å²) < 4.78 is 11.3. The summed E-state index contributed by atoms with van der Waals surface area (Å²) in [6, 6.07) is 7.87. The second kappa shape index (κ2) is 3.98. The molecule has 2 aromatic rings. The number of hydrogen-bond donors (Lipinski definition) is 1. The van der Waals surface area contributed by atoms with Gasteiger partial charge in [-0.15, -0.1) is 0 Å². The lowest BCUT2D eigenvalue weighted by molar-refractivity contribution is 0.162. The Bertz CT molecular complexity index is 650. The van der Waals surface area contributed by atoms with E-state index in [4.69, 9.17) is 9.26 Å². The van der Waals surface area contributed by atoms with E-state index in [1.807, 2.05) is 24.3 Å². The largest absolute Gasteiger partial charge is 0.477 e. The predicted molar refractivity (Wildman–Crippen MR) is 73.7 cm³/mol. The van der Waals surface area contributed by atoms with Gasteiger partial charge < -0.3 is 14.6 Å². The van der Waals surface area contributed by atoms with E-state index in [-0.39, 0.29) is 6.10 Å². The topological polar surface area (TPSA) is 60.2 Å². The highest BCUT2D eigenvalue weighted by molar-refractivity contribution is 5.57. The third kappa shape index (κ3) is 1.85. The lowest BCUT2D eigenvalue weighted by Gasteiger charge is -2.24. The molecule has 1 aliphatic carbocycles. The second-order valence-electron chi connectivity index (χ2n) is 6.22. The third-order valence-corrected chi connectivity index (χ3v) is 4.19. The van der Waals surface area contributed by atoms with Gasteiger partial charge in [0.15, 0.2) is 11.9 Å². The zero-order valence-corrected chi connectivity index (χ0v) is 11.6. The number of para-hydroxylation sites is 2. The maximum Gasteiger partial charge on any atom is 0.269 e. The summed E-state index contributed by atoms with van der Waals surface area (Å²) >= 11 is 0. The standard InChI is InChI=1S/C15H17N3O2/c1-15(2)7-9(15)13-17-14(20-18-13)12-8-16-10-5-3-4-6-11(10)19-12/h3-6,9,12,16H,7-8H2,1-2H3. The van der Waals surface area contributed by atoms with E-state index < -0.39 is 0 Å². The van der Waals surface area contributed by atoms with E-state index in [9.17, 15) is 0 Å².